The van der Waals surface area contributed by atoms with E-state index >= 15 is 0 Å². The number of halogens is 1. The number of hydrogen-bond donors (Lipinski definition) is 2. The molecule has 0 radical (unpaired) electrons. The maximum atomic E-state index is 12.0. The van der Waals surface area contributed by atoms with Crippen LogP contribution in [0.4, 0.5) is 5.13 Å². The molecule has 1 aliphatic rings. The zero-order chi connectivity index (χ0) is 15.4. The molecule has 1 saturated heterocycles. The van der Waals surface area contributed by atoms with E-state index in [4.69, 9.17) is 0 Å². The molecule has 1 aromatic carbocycles. The minimum Gasteiger partial charge on any atom is -0.316 e. The molecule has 1 amide bonds. The Bertz CT molecular complexity index is 636. The van der Waals surface area contributed by atoms with Gasteiger partial charge in [0.1, 0.15) is 0 Å². The number of anilines is 1. The third kappa shape index (κ3) is 5.03. The summed E-state index contributed by atoms with van der Waals surface area (Å²) in [7, 11) is 0. The molecule has 2 aromatic rings. The molecule has 0 bridgehead atoms. The van der Waals surface area contributed by atoms with Crippen molar-refractivity contribution in [2.75, 3.05) is 18.4 Å². The molecule has 1 atom stereocenters. The largest absolute Gasteiger partial charge is 0.316 e. The predicted molar refractivity (Wildman–Crippen MR) is 98.4 cm³/mol. The zero-order valence-corrected chi connectivity index (χ0v) is 14.8. The Kier molecular flexibility index (Phi) is 6.57. The van der Waals surface area contributed by atoms with Crippen molar-refractivity contribution in [3.8, 4) is 11.3 Å². The number of amides is 1. The number of rotatable bonds is 5. The number of nitrogens with one attached hydrogen (secondary N) is 2. The Balaban J connectivity index is 0.00000192. The minimum atomic E-state index is 0. The van der Waals surface area contributed by atoms with Crippen molar-refractivity contribution in [1.82, 2.24) is 10.3 Å². The van der Waals surface area contributed by atoms with Gasteiger partial charge in [-0.15, -0.1) is 23.7 Å². The van der Waals surface area contributed by atoms with Crippen LogP contribution < -0.4 is 10.6 Å². The van der Waals surface area contributed by atoms with Crippen molar-refractivity contribution in [2.45, 2.75) is 26.2 Å². The van der Waals surface area contributed by atoms with Crippen LogP contribution in [0.25, 0.3) is 11.3 Å². The van der Waals surface area contributed by atoms with Crippen LogP contribution in [0.3, 0.4) is 0 Å². The zero-order valence-electron chi connectivity index (χ0n) is 13.2. The first-order valence-corrected chi connectivity index (χ1v) is 8.62. The summed E-state index contributed by atoms with van der Waals surface area (Å²) in [5.74, 6) is 0.710. The number of aryl methyl sites for hydroxylation is 1. The third-order valence-corrected chi connectivity index (χ3v) is 4.80. The SMILES string of the molecule is Cc1ccc(-c2csc(NC(=O)CCC3CCNC3)n2)cc1.Cl. The van der Waals surface area contributed by atoms with Gasteiger partial charge in [0.2, 0.25) is 5.91 Å². The summed E-state index contributed by atoms with van der Waals surface area (Å²) in [6.45, 7) is 4.19. The maximum absolute atomic E-state index is 12.0. The average Bonchev–Trinajstić information content (AvgIpc) is 3.17. The van der Waals surface area contributed by atoms with E-state index in [0.29, 0.717) is 17.5 Å². The minimum absolute atomic E-state index is 0. The fourth-order valence-corrected chi connectivity index (χ4v) is 3.40. The summed E-state index contributed by atoms with van der Waals surface area (Å²) in [6.07, 6.45) is 2.71. The van der Waals surface area contributed by atoms with E-state index in [9.17, 15) is 4.79 Å². The van der Waals surface area contributed by atoms with Gasteiger partial charge >= 0.3 is 0 Å². The topological polar surface area (TPSA) is 54.0 Å². The van der Waals surface area contributed by atoms with E-state index in [1.165, 1.54) is 23.3 Å². The molecule has 2 heterocycles. The van der Waals surface area contributed by atoms with Gasteiger partial charge in [-0.05, 0) is 38.8 Å². The van der Waals surface area contributed by atoms with Crippen molar-refractivity contribution < 1.29 is 4.79 Å². The molecule has 23 heavy (non-hydrogen) atoms. The summed E-state index contributed by atoms with van der Waals surface area (Å²) in [5.41, 5.74) is 3.23. The van der Waals surface area contributed by atoms with Crippen LogP contribution in [0.2, 0.25) is 0 Å². The predicted octanol–water partition coefficient (Wildman–Crippen LogP) is 3.87. The molecule has 4 nitrogen and oxygen atoms in total. The first kappa shape index (κ1) is 17.9. The maximum Gasteiger partial charge on any atom is 0.226 e. The molecule has 6 heteroatoms. The van der Waals surface area contributed by atoms with Gasteiger partial charge in [0.05, 0.1) is 5.69 Å². The normalized spacial score (nSPS) is 16.8. The van der Waals surface area contributed by atoms with E-state index in [1.807, 2.05) is 5.38 Å². The van der Waals surface area contributed by atoms with Gasteiger partial charge in [0.25, 0.3) is 0 Å². The third-order valence-electron chi connectivity index (χ3n) is 4.04. The van der Waals surface area contributed by atoms with Crippen LogP contribution in [0.5, 0.6) is 0 Å². The van der Waals surface area contributed by atoms with E-state index in [1.54, 1.807) is 0 Å². The summed E-state index contributed by atoms with van der Waals surface area (Å²) in [4.78, 5) is 16.5. The molecule has 3 rings (SSSR count). The fourth-order valence-electron chi connectivity index (χ4n) is 2.67. The van der Waals surface area contributed by atoms with Gasteiger partial charge in [-0.2, -0.15) is 0 Å². The number of benzene rings is 1. The molecule has 1 unspecified atom stereocenters. The van der Waals surface area contributed by atoms with Crippen molar-refractivity contribution in [2.24, 2.45) is 5.92 Å². The lowest BCUT2D eigenvalue weighted by atomic mass is 10.0. The van der Waals surface area contributed by atoms with Gasteiger partial charge < -0.3 is 10.6 Å². The highest BCUT2D eigenvalue weighted by atomic mass is 35.5. The molecule has 0 saturated carbocycles. The van der Waals surface area contributed by atoms with Crippen LogP contribution in [0.1, 0.15) is 24.8 Å². The van der Waals surface area contributed by atoms with Crippen LogP contribution in [0.15, 0.2) is 29.6 Å². The quantitative estimate of drug-likeness (QED) is 0.859. The van der Waals surface area contributed by atoms with E-state index in [-0.39, 0.29) is 18.3 Å². The number of hydrogen-bond acceptors (Lipinski definition) is 4. The summed E-state index contributed by atoms with van der Waals surface area (Å²) < 4.78 is 0. The van der Waals surface area contributed by atoms with Crippen LogP contribution >= 0.6 is 23.7 Å². The molecular formula is C17H22ClN3OS. The van der Waals surface area contributed by atoms with Gasteiger partial charge in [-0.3, -0.25) is 4.79 Å². The van der Waals surface area contributed by atoms with Crippen LogP contribution in [0, 0.1) is 12.8 Å². The van der Waals surface area contributed by atoms with Crippen LogP contribution in [-0.2, 0) is 4.79 Å². The van der Waals surface area contributed by atoms with Crippen molar-refractivity contribution in [3.05, 3.63) is 35.2 Å². The smallest absolute Gasteiger partial charge is 0.226 e. The Morgan fingerprint density at radius 1 is 1.39 bits per heavy atom. The highest BCUT2D eigenvalue weighted by molar-refractivity contribution is 7.14. The lowest BCUT2D eigenvalue weighted by molar-refractivity contribution is -0.116. The van der Waals surface area contributed by atoms with E-state index < -0.39 is 0 Å². The van der Waals surface area contributed by atoms with Crippen molar-refractivity contribution in [1.29, 1.82) is 0 Å². The molecule has 1 fully saturated rings. The van der Waals surface area contributed by atoms with Crippen molar-refractivity contribution in [3.63, 3.8) is 0 Å². The monoisotopic (exact) mass is 351 g/mol. The average molecular weight is 352 g/mol. The first-order valence-electron chi connectivity index (χ1n) is 7.74. The second-order valence-electron chi connectivity index (χ2n) is 5.85. The summed E-state index contributed by atoms with van der Waals surface area (Å²) >= 11 is 1.48. The van der Waals surface area contributed by atoms with Gasteiger partial charge in [-0.25, -0.2) is 4.98 Å². The molecule has 0 aliphatic carbocycles. The van der Waals surface area contributed by atoms with E-state index in [2.05, 4.69) is 46.8 Å². The van der Waals surface area contributed by atoms with Crippen LogP contribution in [-0.4, -0.2) is 24.0 Å². The number of carbonyl (C=O) groups is 1. The molecular weight excluding hydrogens is 330 g/mol. The van der Waals surface area contributed by atoms with Gasteiger partial charge in [0, 0.05) is 17.4 Å². The molecule has 0 spiro atoms. The molecule has 1 aromatic heterocycles. The lowest BCUT2D eigenvalue weighted by Gasteiger charge is -2.07. The Morgan fingerprint density at radius 3 is 2.87 bits per heavy atom. The van der Waals surface area contributed by atoms with Crippen molar-refractivity contribution >= 4 is 34.8 Å². The molecule has 2 N–H and O–H groups in total. The van der Waals surface area contributed by atoms with Gasteiger partial charge in [-0.1, -0.05) is 29.8 Å². The highest BCUT2D eigenvalue weighted by Gasteiger charge is 2.16. The second-order valence-corrected chi connectivity index (χ2v) is 6.71. The van der Waals surface area contributed by atoms with Gasteiger partial charge in [0.15, 0.2) is 5.13 Å². The Labute approximate surface area is 147 Å². The highest BCUT2D eigenvalue weighted by Crippen LogP contribution is 2.25. The first-order chi connectivity index (χ1) is 10.7. The Hall–Kier alpha value is -1.43. The second kappa shape index (κ2) is 8.43. The fraction of sp³-hybridized carbons (Fsp3) is 0.412. The Morgan fingerprint density at radius 2 is 2.17 bits per heavy atom. The molecule has 1 aliphatic heterocycles. The van der Waals surface area contributed by atoms with E-state index in [0.717, 1.165) is 30.8 Å². The number of thiazole rings is 1. The number of nitrogens with zero attached hydrogens (tertiary/aromatic N) is 1. The number of carbonyl (C=O) groups excluding carboxylic acids is 1. The lowest BCUT2D eigenvalue weighted by Crippen LogP contribution is -2.14. The number of aromatic nitrogens is 1. The standard InChI is InChI=1S/C17H21N3OS.ClH/c1-12-2-5-14(6-3-12)15-11-22-17(19-15)20-16(21)7-4-13-8-9-18-10-13;/h2-3,5-6,11,13,18H,4,7-10H2,1H3,(H,19,20,21);1H. The summed E-state index contributed by atoms with van der Waals surface area (Å²) in [6, 6.07) is 8.26. The molecule has 124 valence electrons. The summed E-state index contributed by atoms with van der Waals surface area (Å²) in [5, 5.41) is 8.92.